The normalized spacial score (nSPS) is 31.8. The number of nitrogens with zero attached hydrogens (tertiary/aromatic N) is 1. The Hall–Kier alpha value is -1.15. The number of aryl methyl sites for hydroxylation is 1. The van der Waals surface area contributed by atoms with E-state index in [4.69, 9.17) is 0 Å². The number of rotatable bonds is 4. The predicted octanol–water partition coefficient (Wildman–Crippen LogP) is 4.60. The summed E-state index contributed by atoms with van der Waals surface area (Å²) in [4.78, 5) is 16.0. The number of carbonyl (C=O) groups excluding carboxylic acids is 1. The Morgan fingerprint density at radius 2 is 1.96 bits per heavy atom. The number of piperidine rings is 1. The minimum atomic E-state index is 0.00530. The molecular weight excluding hydrogens is 294 g/mol. The molecule has 24 heavy (non-hydrogen) atoms. The van der Waals surface area contributed by atoms with Crippen molar-refractivity contribution < 1.29 is 4.79 Å². The number of hydrogen-bond donors (Lipinski definition) is 0. The number of benzene rings is 1. The van der Waals surface area contributed by atoms with Gasteiger partial charge in [0.2, 0.25) is 0 Å². The number of hydrogen-bond acceptors (Lipinski definition) is 2. The van der Waals surface area contributed by atoms with Crippen molar-refractivity contribution in [1.82, 2.24) is 4.90 Å². The molecule has 1 saturated carbocycles. The van der Waals surface area contributed by atoms with Crippen LogP contribution in [0.15, 0.2) is 18.2 Å². The fourth-order valence-electron chi connectivity index (χ4n) is 5.70. The lowest BCUT2D eigenvalue weighted by Gasteiger charge is -2.61. The van der Waals surface area contributed by atoms with Crippen LogP contribution < -0.4 is 0 Å². The first-order valence-corrected chi connectivity index (χ1v) is 9.86. The van der Waals surface area contributed by atoms with Crippen LogP contribution >= 0.6 is 0 Å². The first-order chi connectivity index (χ1) is 11.4. The van der Waals surface area contributed by atoms with Crippen LogP contribution in [0.3, 0.4) is 0 Å². The third-order valence-corrected chi connectivity index (χ3v) is 7.42. The average molecular weight is 325 g/mol. The van der Waals surface area contributed by atoms with E-state index in [9.17, 15) is 4.79 Å². The van der Waals surface area contributed by atoms with Crippen molar-refractivity contribution in [3.63, 3.8) is 0 Å². The van der Waals surface area contributed by atoms with Gasteiger partial charge in [0.1, 0.15) is 0 Å². The van der Waals surface area contributed by atoms with Gasteiger partial charge in [0.25, 0.3) is 0 Å². The lowest BCUT2D eigenvalue weighted by molar-refractivity contribution is -0.0345. The quantitative estimate of drug-likeness (QED) is 0.806. The van der Waals surface area contributed by atoms with E-state index < -0.39 is 0 Å². The van der Waals surface area contributed by atoms with E-state index in [1.807, 2.05) is 0 Å². The number of Topliss-reactive ketones (excluding diaryl/α,β-unsaturated/α-hetero) is 1. The Morgan fingerprint density at radius 1 is 1.21 bits per heavy atom. The van der Waals surface area contributed by atoms with E-state index in [1.165, 1.54) is 30.4 Å². The summed E-state index contributed by atoms with van der Waals surface area (Å²) in [6.45, 7) is 11.5. The van der Waals surface area contributed by atoms with Gasteiger partial charge in [-0.2, -0.15) is 0 Å². The first-order valence-electron chi connectivity index (χ1n) is 9.86. The van der Waals surface area contributed by atoms with Crippen LogP contribution in [-0.4, -0.2) is 29.8 Å². The van der Waals surface area contributed by atoms with Gasteiger partial charge in [-0.15, -0.1) is 0 Å². The molecule has 130 valence electrons. The molecule has 1 heterocycles. The van der Waals surface area contributed by atoms with Gasteiger partial charge in [-0.3, -0.25) is 9.69 Å². The van der Waals surface area contributed by atoms with Crippen molar-refractivity contribution in [3.05, 3.63) is 34.9 Å². The summed E-state index contributed by atoms with van der Waals surface area (Å²) in [6, 6.07) is 6.71. The highest BCUT2D eigenvalue weighted by atomic mass is 16.1. The minimum absolute atomic E-state index is 0.00530. The predicted molar refractivity (Wildman–Crippen MR) is 98.6 cm³/mol. The second kappa shape index (κ2) is 5.42. The molecule has 0 N–H and O–H groups in total. The Kier molecular flexibility index (Phi) is 3.69. The third-order valence-electron chi connectivity index (χ3n) is 7.42. The zero-order valence-electron chi connectivity index (χ0n) is 15.7. The molecular formula is C22H31NO. The summed E-state index contributed by atoms with van der Waals surface area (Å²) in [5.41, 5.74) is 3.88. The van der Waals surface area contributed by atoms with E-state index in [-0.39, 0.29) is 16.9 Å². The molecule has 1 aromatic carbocycles. The van der Waals surface area contributed by atoms with Gasteiger partial charge < -0.3 is 0 Å². The van der Waals surface area contributed by atoms with E-state index in [2.05, 4.69) is 50.8 Å². The van der Waals surface area contributed by atoms with E-state index in [0.29, 0.717) is 5.78 Å². The van der Waals surface area contributed by atoms with Crippen LogP contribution in [-0.2, 0) is 11.8 Å². The lowest BCUT2D eigenvalue weighted by atomic mass is 9.48. The smallest absolute Gasteiger partial charge is 0.180 e. The Morgan fingerprint density at radius 3 is 2.58 bits per heavy atom. The summed E-state index contributed by atoms with van der Waals surface area (Å²) >= 11 is 0. The molecule has 3 aliphatic rings. The molecule has 2 aliphatic carbocycles. The van der Waals surface area contributed by atoms with E-state index in [1.54, 1.807) is 0 Å². The molecule has 0 spiro atoms. The fraction of sp³-hybridized carbons (Fsp3) is 0.682. The Balaban J connectivity index is 1.86. The van der Waals surface area contributed by atoms with Crippen molar-refractivity contribution in [3.8, 4) is 0 Å². The average Bonchev–Trinajstić information content (AvgIpc) is 3.37. The summed E-state index contributed by atoms with van der Waals surface area (Å²) in [5, 5.41) is 0. The molecule has 0 amide bonds. The highest BCUT2D eigenvalue weighted by Gasteiger charge is 2.60. The van der Waals surface area contributed by atoms with Gasteiger partial charge in [-0.1, -0.05) is 45.9 Å². The maximum absolute atomic E-state index is 13.5. The van der Waals surface area contributed by atoms with Crippen LogP contribution in [0.25, 0.3) is 0 Å². The lowest BCUT2D eigenvalue weighted by Crippen LogP contribution is -2.67. The van der Waals surface area contributed by atoms with Crippen LogP contribution in [0.5, 0.6) is 0 Å². The molecule has 0 aromatic heterocycles. The third kappa shape index (κ3) is 2.08. The van der Waals surface area contributed by atoms with Gasteiger partial charge in [0.05, 0.1) is 6.04 Å². The van der Waals surface area contributed by atoms with Crippen molar-refractivity contribution in [2.24, 2.45) is 11.3 Å². The highest BCUT2D eigenvalue weighted by molar-refractivity contribution is 6.04. The number of likely N-dealkylation sites (tertiary alicyclic amines) is 1. The zero-order valence-corrected chi connectivity index (χ0v) is 15.7. The van der Waals surface area contributed by atoms with Gasteiger partial charge in [0.15, 0.2) is 5.78 Å². The standard InChI is InChI=1S/C22H31NO/c1-5-15-9-10-17-18(13-15)22(6-2)11-12-23(14-16-7-8-16)20(19(17)24)21(22,3)4/h9-10,13,16,20H,5-8,11-12,14H2,1-4H3. The molecule has 2 heteroatoms. The van der Waals surface area contributed by atoms with E-state index in [0.717, 1.165) is 37.4 Å². The molecule has 2 unspecified atom stereocenters. The van der Waals surface area contributed by atoms with Gasteiger partial charge in [0, 0.05) is 17.5 Å². The zero-order chi connectivity index (χ0) is 17.1. The Labute approximate surface area is 146 Å². The van der Waals surface area contributed by atoms with Crippen LogP contribution in [0.1, 0.15) is 74.9 Å². The SMILES string of the molecule is CCc1ccc2c(c1)C1(CC)CCN(CC3CC3)C(C2=O)C1(C)C. The minimum Gasteiger partial charge on any atom is -0.292 e. The molecule has 2 fully saturated rings. The molecule has 1 aliphatic heterocycles. The van der Waals surface area contributed by atoms with Crippen molar-refractivity contribution in [2.45, 2.75) is 71.3 Å². The summed E-state index contributed by atoms with van der Waals surface area (Å²) < 4.78 is 0. The van der Waals surface area contributed by atoms with Crippen molar-refractivity contribution >= 4 is 5.78 Å². The van der Waals surface area contributed by atoms with Crippen LogP contribution in [0.4, 0.5) is 0 Å². The number of fused-ring (bicyclic) bond motifs is 4. The molecule has 0 radical (unpaired) electrons. The maximum Gasteiger partial charge on any atom is 0.180 e. The molecule has 1 saturated heterocycles. The summed E-state index contributed by atoms with van der Waals surface area (Å²) in [6.07, 6.45) is 6.06. The number of ketones is 1. The van der Waals surface area contributed by atoms with Gasteiger partial charge >= 0.3 is 0 Å². The summed E-state index contributed by atoms with van der Waals surface area (Å²) in [5.74, 6) is 1.22. The monoisotopic (exact) mass is 325 g/mol. The molecule has 2 atom stereocenters. The fourth-order valence-corrected chi connectivity index (χ4v) is 5.70. The largest absolute Gasteiger partial charge is 0.292 e. The summed E-state index contributed by atoms with van der Waals surface area (Å²) in [7, 11) is 0. The van der Waals surface area contributed by atoms with Crippen LogP contribution in [0.2, 0.25) is 0 Å². The highest BCUT2D eigenvalue weighted by Crippen LogP contribution is 2.58. The molecule has 1 aromatic rings. The first kappa shape index (κ1) is 16.3. The van der Waals surface area contributed by atoms with E-state index >= 15 is 0 Å². The second-order valence-corrected chi connectivity index (χ2v) is 8.85. The molecule has 2 bridgehead atoms. The second-order valence-electron chi connectivity index (χ2n) is 8.85. The molecule has 2 nitrogen and oxygen atoms in total. The van der Waals surface area contributed by atoms with Crippen LogP contribution in [0, 0.1) is 11.3 Å². The van der Waals surface area contributed by atoms with Crippen molar-refractivity contribution in [1.29, 1.82) is 0 Å². The topological polar surface area (TPSA) is 20.3 Å². The van der Waals surface area contributed by atoms with Gasteiger partial charge in [-0.25, -0.2) is 0 Å². The number of carbonyl (C=O) groups is 1. The Bertz CT molecular complexity index is 673. The van der Waals surface area contributed by atoms with Crippen molar-refractivity contribution in [2.75, 3.05) is 13.1 Å². The maximum atomic E-state index is 13.5. The van der Waals surface area contributed by atoms with Gasteiger partial charge in [-0.05, 0) is 61.1 Å². The molecule has 4 rings (SSSR count).